The van der Waals surface area contributed by atoms with Crippen LogP contribution in [0, 0.1) is 0 Å². The fourth-order valence-corrected chi connectivity index (χ4v) is 0. The molecule has 0 aliphatic heterocycles. The van der Waals surface area contributed by atoms with Gasteiger partial charge in [0.15, 0.2) is 0 Å². The monoisotopic (exact) mass is 209 g/mol. The van der Waals surface area contributed by atoms with E-state index in [0.29, 0.717) is 0 Å². The van der Waals surface area contributed by atoms with E-state index in [4.69, 9.17) is 19.2 Å². The van der Waals surface area contributed by atoms with Gasteiger partial charge in [0.2, 0.25) is 0 Å². The minimum atomic E-state index is -5.39. The molecule has 0 spiro atoms. The van der Waals surface area contributed by atoms with Gasteiger partial charge in [0, 0.05) is 26.2 Å². The van der Waals surface area contributed by atoms with Gasteiger partial charge in [0.1, 0.15) is 0 Å². The summed E-state index contributed by atoms with van der Waals surface area (Å²) in [4.78, 5) is 25.6. The Morgan fingerprint density at radius 1 is 1.29 bits per heavy atom. The van der Waals surface area contributed by atoms with Crippen molar-refractivity contribution in [2.75, 3.05) is 0 Å². The van der Waals surface area contributed by atoms with E-state index in [1.165, 1.54) is 0 Å². The van der Waals surface area contributed by atoms with Crippen molar-refractivity contribution in [2.24, 2.45) is 0 Å². The molecule has 0 aromatic rings. The van der Waals surface area contributed by atoms with Crippen LogP contribution in [-0.2, 0) is 30.8 Å². The molecule has 0 aliphatic carbocycles. The molecule has 0 amide bonds. The molecule has 0 aliphatic rings. The summed E-state index contributed by atoms with van der Waals surface area (Å²) in [5.41, 5.74) is 0. The van der Waals surface area contributed by atoms with E-state index >= 15 is 0 Å². The number of hydrogen-bond donors (Lipinski definition) is 0. The molecule has 0 unspecified atom stereocenters. The standard InChI is InChI=1S/Na.H3O4P.Zr/c;1-5(2,3)4;/h;(H3,1,2,3,4);/q+1;;/p-2. The van der Waals surface area contributed by atoms with Crippen molar-refractivity contribution in [1.29, 1.82) is 0 Å². The first-order valence-corrected chi connectivity index (χ1v) is 2.19. The Labute approximate surface area is 83.5 Å². The molecule has 7 heteroatoms. The molecule has 36 valence electrons. The fourth-order valence-electron chi connectivity index (χ4n) is 0. The van der Waals surface area contributed by atoms with Crippen molar-refractivity contribution in [3.63, 3.8) is 0 Å². The molecule has 0 aromatic carbocycles. The maximum absolute atomic E-state index is 8.55. The summed E-state index contributed by atoms with van der Waals surface area (Å²) >= 11 is 0. The van der Waals surface area contributed by atoms with Gasteiger partial charge in [-0.3, -0.25) is 0 Å². The topological polar surface area (TPSA) is 86.2 Å². The molecule has 0 bridgehead atoms. The van der Waals surface area contributed by atoms with E-state index < -0.39 is 7.82 Å². The van der Waals surface area contributed by atoms with E-state index in [9.17, 15) is 0 Å². The molecule has 0 saturated heterocycles. The first-order valence-electron chi connectivity index (χ1n) is 0.730. The first kappa shape index (κ1) is 16.0. The van der Waals surface area contributed by atoms with Crippen LogP contribution in [0.2, 0.25) is 0 Å². The van der Waals surface area contributed by atoms with Crippen LogP contribution in [0.25, 0.3) is 0 Å². The van der Waals surface area contributed by atoms with Crippen molar-refractivity contribution < 1.29 is 76.4 Å². The zero-order chi connectivity index (χ0) is 4.50. The summed E-state index contributed by atoms with van der Waals surface area (Å²) < 4.78 is 8.55. The second-order valence-corrected chi connectivity index (χ2v) is 1.34. The average molecular weight is 210 g/mol. The second-order valence-electron chi connectivity index (χ2n) is 0.447. The van der Waals surface area contributed by atoms with Crippen molar-refractivity contribution in [3.8, 4) is 0 Å². The van der Waals surface area contributed by atoms with Crippen molar-refractivity contribution in [1.82, 2.24) is 0 Å². The van der Waals surface area contributed by atoms with Gasteiger partial charge in [0.25, 0.3) is 0 Å². The van der Waals surface area contributed by atoms with E-state index in [1.807, 2.05) is 0 Å². The molecule has 0 fully saturated rings. The third-order valence-electron chi connectivity index (χ3n) is 0. The van der Waals surface area contributed by atoms with Gasteiger partial charge in [-0.05, 0) is 0 Å². The Bertz CT molecular complexity index is 62.2. The third-order valence-corrected chi connectivity index (χ3v) is 0. The van der Waals surface area contributed by atoms with E-state index in [-0.39, 0.29) is 57.2 Å². The Balaban J connectivity index is -0.0000000267. The predicted octanol–water partition coefficient (Wildman–Crippen LogP) is -5.71. The third kappa shape index (κ3) is 72.3. The second kappa shape index (κ2) is 6.12. The van der Waals surface area contributed by atoms with Crippen LogP contribution in [-0.4, -0.2) is 0 Å². The van der Waals surface area contributed by atoms with E-state index in [2.05, 4.69) is 0 Å². The predicted molar refractivity (Wildman–Crippen MR) is 8.72 cm³/mol. The maximum atomic E-state index is 8.55. The molecule has 0 atom stereocenters. The molecule has 0 radical (unpaired) electrons. The fraction of sp³-hybridized carbons (Fsp3) is 0. The molecule has 7 heavy (non-hydrogen) atoms. The van der Waals surface area contributed by atoms with E-state index in [1.54, 1.807) is 0 Å². The Morgan fingerprint density at radius 2 is 1.29 bits per heavy atom. The molecule has 0 aromatic heterocycles. The first-order chi connectivity index (χ1) is 2.00. The van der Waals surface area contributed by atoms with Crippen LogP contribution in [0.5, 0.6) is 0 Å². The Morgan fingerprint density at radius 3 is 1.29 bits per heavy atom. The minimum Gasteiger partial charge on any atom is -0.822 e. The van der Waals surface area contributed by atoms with Crippen LogP contribution >= 0.6 is 7.82 Å². The van der Waals surface area contributed by atoms with Gasteiger partial charge in [-0.1, -0.05) is 0 Å². The van der Waals surface area contributed by atoms with Gasteiger partial charge in [-0.15, -0.1) is 0 Å². The van der Waals surface area contributed by atoms with Gasteiger partial charge in [-0.25, -0.2) is 0 Å². The summed E-state index contributed by atoms with van der Waals surface area (Å²) in [5, 5.41) is 0. The average Bonchev–Trinajstić information content (AvgIpc) is 0.722. The summed E-state index contributed by atoms with van der Waals surface area (Å²) in [6, 6.07) is 0. The van der Waals surface area contributed by atoms with E-state index in [0.717, 1.165) is 0 Å². The van der Waals surface area contributed by atoms with Crippen molar-refractivity contribution in [3.05, 3.63) is 0 Å². The maximum Gasteiger partial charge on any atom is 1.00 e. The number of hydrogen-bond acceptors (Lipinski definition) is 4. The summed E-state index contributed by atoms with van der Waals surface area (Å²) in [5.74, 6) is 0. The van der Waals surface area contributed by atoms with Crippen LogP contribution in [0.1, 0.15) is 1.43 Å². The van der Waals surface area contributed by atoms with Crippen LogP contribution < -0.4 is 44.2 Å². The molecular formula is HNaO4PZr-. The number of rotatable bonds is 0. The van der Waals surface area contributed by atoms with Crippen LogP contribution in [0.3, 0.4) is 0 Å². The largest absolute Gasteiger partial charge is 1.00 e. The van der Waals surface area contributed by atoms with Gasteiger partial charge in [-0.2, -0.15) is 7.82 Å². The quantitative estimate of drug-likeness (QED) is 0.294. The Hall–Kier alpha value is 1.99. The molecule has 0 saturated carbocycles. The van der Waals surface area contributed by atoms with Gasteiger partial charge < -0.3 is 19.2 Å². The van der Waals surface area contributed by atoms with Gasteiger partial charge in [0.05, 0.1) is 0 Å². The summed E-state index contributed by atoms with van der Waals surface area (Å²) in [6.07, 6.45) is 0. The molecule has 0 heterocycles. The van der Waals surface area contributed by atoms with Crippen molar-refractivity contribution >= 4 is 7.82 Å². The zero-order valence-corrected chi connectivity index (χ0v) is 8.93. The summed E-state index contributed by atoms with van der Waals surface area (Å²) in [6.45, 7) is 0. The molecule has 4 nitrogen and oxygen atoms in total. The molecule has 0 rings (SSSR count). The van der Waals surface area contributed by atoms with Crippen LogP contribution in [0.15, 0.2) is 0 Å². The molecular weight excluding hydrogens is 209 g/mol. The Kier molecular flexibility index (Phi) is 14.0. The minimum absolute atomic E-state index is 0. The number of phosphoric acid groups is 1. The van der Waals surface area contributed by atoms with Crippen molar-refractivity contribution in [2.45, 2.75) is 0 Å². The smallest absolute Gasteiger partial charge is 0.822 e. The SMILES string of the molecule is O=P([O-])([O-])[O-].[H+].[Na+].[Zr]. The van der Waals surface area contributed by atoms with Gasteiger partial charge >= 0.3 is 31.0 Å². The zero-order valence-electron chi connectivity index (χ0n) is 4.58. The molecule has 0 N–H and O–H groups in total. The van der Waals surface area contributed by atoms with Crippen LogP contribution in [0.4, 0.5) is 0 Å². The summed E-state index contributed by atoms with van der Waals surface area (Å²) in [7, 11) is -5.39. The normalized spacial score (nSPS) is 8.43.